The average molecular weight is 576 g/mol. The predicted molar refractivity (Wildman–Crippen MR) is 135 cm³/mol. The number of alkyl halides is 5. The maximum absolute atomic E-state index is 14.2. The zero-order valence-corrected chi connectivity index (χ0v) is 22.2. The first-order chi connectivity index (χ1) is 18.4. The first-order valence-electron chi connectivity index (χ1n) is 12.8. The summed E-state index contributed by atoms with van der Waals surface area (Å²) in [5.41, 5.74) is -1.00. The molecule has 0 radical (unpaired) electrons. The van der Waals surface area contributed by atoms with E-state index in [2.05, 4.69) is 20.6 Å². The Morgan fingerprint density at radius 1 is 1.26 bits per heavy atom. The van der Waals surface area contributed by atoms with Crippen LogP contribution in [0.3, 0.4) is 0 Å². The van der Waals surface area contributed by atoms with Crippen molar-refractivity contribution in [3.8, 4) is 10.4 Å². The van der Waals surface area contributed by atoms with Crippen LogP contribution in [0.4, 0.5) is 27.8 Å². The van der Waals surface area contributed by atoms with Crippen LogP contribution >= 0.6 is 11.3 Å². The van der Waals surface area contributed by atoms with Crippen molar-refractivity contribution >= 4 is 29.0 Å². The number of carbonyl (C=O) groups excluding carboxylic acids is 2. The summed E-state index contributed by atoms with van der Waals surface area (Å²) in [4.78, 5) is 36.2. The molecule has 4 atom stereocenters. The van der Waals surface area contributed by atoms with Gasteiger partial charge in [-0.15, -0.1) is 11.3 Å². The van der Waals surface area contributed by atoms with Gasteiger partial charge in [-0.1, -0.05) is 6.92 Å². The number of anilines is 1. The van der Waals surface area contributed by atoms with Crippen LogP contribution in [0.25, 0.3) is 10.4 Å². The summed E-state index contributed by atoms with van der Waals surface area (Å²) in [5.74, 6) is -1.51. The van der Waals surface area contributed by atoms with Gasteiger partial charge in [0.15, 0.2) is 5.01 Å². The summed E-state index contributed by atoms with van der Waals surface area (Å²) in [6.45, 7) is 3.60. The molecular weight excluding hydrogens is 545 g/mol. The van der Waals surface area contributed by atoms with E-state index in [1.54, 1.807) is 4.90 Å². The van der Waals surface area contributed by atoms with E-state index < -0.39 is 42.1 Å². The first kappa shape index (κ1) is 29.1. The fourth-order valence-corrected chi connectivity index (χ4v) is 5.96. The largest absolute Gasteiger partial charge is 0.408 e. The monoisotopic (exact) mass is 575 g/mol. The Kier molecular flexibility index (Phi) is 8.74. The molecule has 214 valence electrons. The van der Waals surface area contributed by atoms with Crippen LogP contribution in [0.2, 0.25) is 0 Å². The highest BCUT2D eigenvalue weighted by molar-refractivity contribution is 7.17. The van der Waals surface area contributed by atoms with Crippen molar-refractivity contribution in [2.45, 2.75) is 89.2 Å². The number of hydrogen-bond acceptors (Lipinski definition) is 7. The van der Waals surface area contributed by atoms with Gasteiger partial charge in [-0.05, 0) is 51.5 Å². The molecule has 14 heteroatoms. The van der Waals surface area contributed by atoms with Crippen molar-refractivity contribution in [2.75, 3.05) is 11.9 Å². The number of likely N-dealkylation sites (tertiary alicyclic amines) is 1. The molecule has 0 spiro atoms. The molecule has 0 bridgehead atoms. The van der Waals surface area contributed by atoms with Crippen LogP contribution in [0.1, 0.15) is 84.7 Å². The van der Waals surface area contributed by atoms with Crippen LogP contribution in [0.5, 0.6) is 0 Å². The van der Waals surface area contributed by atoms with E-state index >= 15 is 0 Å². The third-order valence-electron chi connectivity index (χ3n) is 7.12. The third kappa shape index (κ3) is 6.48. The van der Waals surface area contributed by atoms with Crippen LogP contribution in [-0.4, -0.2) is 68.7 Å². The third-order valence-corrected chi connectivity index (χ3v) is 8.21. The fraction of sp³-hybridized carbons (Fsp3) is 0.600. The quantitative estimate of drug-likeness (QED) is 0.376. The van der Waals surface area contributed by atoms with E-state index in [0.29, 0.717) is 25.8 Å². The molecule has 2 amide bonds. The molecule has 2 aromatic rings. The number of pyridine rings is 1. The number of amides is 2. The molecule has 1 saturated carbocycles. The summed E-state index contributed by atoms with van der Waals surface area (Å²) in [5, 5.41) is 14.6. The molecule has 1 unspecified atom stereocenters. The number of nitrogens with zero attached hydrogens (tertiary/aromatic N) is 3. The minimum absolute atomic E-state index is 0.00656. The number of hydrogen-bond donors (Lipinski definition) is 3. The number of nitrogens with one attached hydrogen (secondary N) is 2. The van der Waals surface area contributed by atoms with Crippen molar-refractivity contribution in [1.29, 1.82) is 0 Å². The van der Waals surface area contributed by atoms with E-state index in [0.717, 1.165) is 36.4 Å². The lowest BCUT2D eigenvalue weighted by atomic mass is 10.1. The van der Waals surface area contributed by atoms with Crippen molar-refractivity contribution in [3.05, 3.63) is 28.5 Å². The summed E-state index contributed by atoms with van der Waals surface area (Å²) >= 11 is 0.746. The number of rotatable bonds is 8. The molecule has 2 fully saturated rings. The molecule has 0 aromatic carbocycles. The van der Waals surface area contributed by atoms with Gasteiger partial charge >= 0.3 is 6.18 Å². The van der Waals surface area contributed by atoms with Crippen molar-refractivity contribution in [3.63, 3.8) is 0 Å². The molecule has 1 saturated heterocycles. The molecule has 1 aliphatic heterocycles. The van der Waals surface area contributed by atoms with Crippen LogP contribution < -0.4 is 10.6 Å². The molecule has 2 aliphatic rings. The lowest BCUT2D eigenvalue weighted by molar-refractivity contribution is -0.142. The molecule has 1 aliphatic carbocycles. The first-order valence-corrected chi connectivity index (χ1v) is 13.6. The Labute approximate surface area is 226 Å². The fourth-order valence-electron chi connectivity index (χ4n) is 4.97. The number of halogens is 5. The molecule has 4 rings (SSSR count). The van der Waals surface area contributed by atoms with Gasteiger partial charge in [0.1, 0.15) is 17.6 Å². The number of aliphatic hydroxyl groups is 1. The van der Waals surface area contributed by atoms with Crippen LogP contribution in [-0.2, 0) is 0 Å². The Hall–Kier alpha value is -2.87. The Balaban J connectivity index is 1.73. The van der Waals surface area contributed by atoms with E-state index in [4.69, 9.17) is 0 Å². The van der Waals surface area contributed by atoms with Gasteiger partial charge in [0.2, 0.25) is 0 Å². The molecule has 2 aromatic heterocycles. The number of aromatic nitrogens is 2. The van der Waals surface area contributed by atoms with Crippen molar-refractivity contribution < 1.29 is 36.6 Å². The molecule has 3 heterocycles. The lowest BCUT2D eigenvalue weighted by Crippen LogP contribution is -2.35. The van der Waals surface area contributed by atoms with Crippen LogP contribution in [0, 0.1) is 0 Å². The maximum Gasteiger partial charge on any atom is 0.408 e. The van der Waals surface area contributed by atoms with Crippen molar-refractivity contribution in [2.24, 2.45) is 0 Å². The normalized spacial score (nSPS) is 22.4. The topological polar surface area (TPSA) is 107 Å². The second kappa shape index (κ2) is 11.7. The summed E-state index contributed by atoms with van der Waals surface area (Å²) < 4.78 is 68.2. The standard InChI is InChI=1S/C25H30F5N5O3S/c1-3-17(25(28,29)30)33-18-10-15(21(26)27)16(11-31-18)20-19(24(38)35-8-4-5-12(35)2)34-23(39-20)22(37)32-13-6-7-14(36)9-13/h10-14,17,21,36H,3-9H2,1-2H3,(H,31,33)(H,32,37)/t12-,13-,14-,17?/m0/s1. The minimum Gasteiger partial charge on any atom is -0.393 e. The molecule has 3 N–H and O–H groups in total. The van der Waals surface area contributed by atoms with Gasteiger partial charge in [-0.25, -0.2) is 18.7 Å². The average Bonchev–Trinajstić information content (AvgIpc) is 3.61. The van der Waals surface area contributed by atoms with E-state index in [1.807, 2.05) is 6.92 Å². The Bertz CT molecular complexity index is 1210. The Morgan fingerprint density at radius 2 is 2.00 bits per heavy atom. The number of thiazole rings is 1. The zero-order chi connectivity index (χ0) is 28.5. The SMILES string of the molecule is CCC(Nc1cc(C(F)F)c(-c2sc(C(=O)N[C@H]3CC[C@H](O)C3)nc2C(=O)N2CCC[C@@H]2C)cn1)C(F)(F)F. The van der Waals surface area contributed by atoms with Gasteiger partial charge in [-0.3, -0.25) is 9.59 Å². The minimum atomic E-state index is -4.61. The smallest absolute Gasteiger partial charge is 0.393 e. The highest BCUT2D eigenvalue weighted by atomic mass is 32.1. The predicted octanol–water partition coefficient (Wildman–Crippen LogP) is 5.16. The number of aliphatic hydroxyl groups excluding tert-OH is 1. The van der Waals surface area contributed by atoms with E-state index in [1.165, 1.54) is 6.92 Å². The summed E-state index contributed by atoms with van der Waals surface area (Å²) in [6.07, 6.45) is -4.64. The summed E-state index contributed by atoms with van der Waals surface area (Å²) in [7, 11) is 0. The molecular formula is C25H30F5N5O3S. The summed E-state index contributed by atoms with van der Waals surface area (Å²) in [6, 6.07) is -1.55. The number of carbonyl (C=O) groups is 2. The van der Waals surface area contributed by atoms with Crippen LogP contribution in [0.15, 0.2) is 12.3 Å². The van der Waals surface area contributed by atoms with Crippen molar-refractivity contribution in [1.82, 2.24) is 20.2 Å². The molecule has 8 nitrogen and oxygen atoms in total. The van der Waals surface area contributed by atoms with E-state index in [-0.39, 0.29) is 45.5 Å². The Morgan fingerprint density at radius 3 is 2.56 bits per heavy atom. The second-order valence-corrected chi connectivity index (χ2v) is 10.9. The lowest BCUT2D eigenvalue weighted by Gasteiger charge is -2.22. The van der Waals surface area contributed by atoms with Gasteiger partial charge in [0.25, 0.3) is 18.2 Å². The highest BCUT2D eigenvalue weighted by Crippen LogP contribution is 2.39. The second-order valence-electron chi connectivity index (χ2n) is 9.93. The molecule has 39 heavy (non-hydrogen) atoms. The highest BCUT2D eigenvalue weighted by Gasteiger charge is 2.39. The van der Waals surface area contributed by atoms with Gasteiger partial charge in [-0.2, -0.15) is 13.2 Å². The zero-order valence-electron chi connectivity index (χ0n) is 21.4. The van der Waals surface area contributed by atoms with Gasteiger partial charge in [0.05, 0.1) is 11.0 Å². The van der Waals surface area contributed by atoms with E-state index in [9.17, 15) is 36.6 Å². The van der Waals surface area contributed by atoms with Gasteiger partial charge < -0.3 is 20.6 Å². The maximum atomic E-state index is 14.2. The van der Waals surface area contributed by atoms with Gasteiger partial charge in [0, 0.05) is 36.0 Å².